The summed E-state index contributed by atoms with van der Waals surface area (Å²) in [4.78, 5) is 0. The van der Waals surface area contributed by atoms with Gasteiger partial charge in [-0.25, -0.2) is 0 Å². The molecule has 0 aromatic rings. The first kappa shape index (κ1) is 10.0. The minimum Gasteiger partial charge on any atom is -0.381 e. The standard InChI is InChI=1S/C8H14Br2O/c9-5-8(6-10)7-1-3-11-4-2-7/h7-8H,1-6H2. The van der Waals surface area contributed by atoms with Crippen LogP contribution < -0.4 is 0 Å². The van der Waals surface area contributed by atoms with Crippen LogP contribution in [0, 0.1) is 11.8 Å². The topological polar surface area (TPSA) is 9.23 Å². The molecule has 1 aliphatic rings. The lowest BCUT2D eigenvalue weighted by molar-refractivity contribution is 0.0539. The molecule has 0 amide bonds. The van der Waals surface area contributed by atoms with E-state index in [0.717, 1.165) is 35.7 Å². The van der Waals surface area contributed by atoms with Gasteiger partial charge in [-0.3, -0.25) is 0 Å². The van der Waals surface area contributed by atoms with Crippen LogP contribution in [0.25, 0.3) is 0 Å². The summed E-state index contributed by atoms with van der Waals surface area (Å²) in [5.74, 6) is 1.65. The molecule has 1 saturated heterocycles. The second-order valence-corrected chi connectivity index (χ2v) is 4.31. The summed E-state index contributed by atoms with van der Waals surface area (Å²) in [5, 5.41) is 2.23. The molecule has 0 unspecified atom stereocenters. The molecule has 0 aromatic heterocycles. The summed E-state index contributed by atoms with van der Waals surface area (Å²) < 4.78 is 5.31. The zero-order valence-electron chi connectivity index (χ0n) is 6.56. The van der Waals surface area contributed by atoms with Gasteiger partial charge in [0, 0.05) is 23.9 Å². The van der Waals surface area contributed by atoms with E-state index in [1.807, 2.05) is 0 Å². The Kier molecular flexibility index (Phi) is 5.04. The molecule has 1 aliphatic heterocycles. The van der Waals surface area contributed by atoms with Gasteiger partial charge in [-0.05, 0) is 24.7 Å². The molecule has 0 atom stereocenters. The third-order valence-corrected chi connectivity index (χ3v) is 3.99. The minimum atomic E-state index is 0.791. The van der Waals surface area contributed by atoms with Crippen molar-refractivity contribution in [2.75, 3.05) is 23.9 Å². The molecule has 0 N–H and O–H groups in total. The third kappa shape index (κ3) is 3.03. The van der Waals surface area contributed by atoms with E-state index in [4.69, 9.17) is 4.74 Å². The highest BCUT2D eigenvalue weighted by Gasteiger charge is 2.21. The van der Waals surface area contributed by atoms with Crippen molar-refractivity contribution < 1.29 is 4.74 Å². The molecule has 3 heteroatoms. The Hall–Kier alpha value is 0.920. The molecule has 0 bridgehead atoms. The van der Waals surface area contributed by atoms with Crippen LogP contribution in [0.4, 0.5) is 0 Å². The molecule has 1 heterocycles. The van der Waals surface area contributed by atoms with Gasteiger partial charge in [0.05, 0.1) is 0 Å². The predicted molar refractivity (Wildman–Crippen MR) is 54.6 cm³/mol. The first-order valence-electron chi connectivity index (χ1n) is 4.08. The molecule has 11 heavy (non-hydrogen) atoms. The largest absolute Gasteiger partial charge is 0.381 e. The van der Waals surface area contributed by atoms with Crippen molar-refractivity contribution in [3.8, 4) is 0 Å². The third-order valence-electron chi connectivity index (χ3n) is 2.33. The van der Waals surface area contributed by atoms with Crippen LogP contribution in [0.3, 0.4) is 0 Å². The summed E-state index contributed by atoms with van der Waals surface area (Å²) in [6.45, 7) is 1.92. The summed E-state index contributed by atoms with van der Waals surface area (Å²) in [5.41, 5.74) is 0. The number of rotatable bonds is 3. The van der Waals surface area contributed by atoms with Crippen LogP contribution in [0.15, 0.2) is 0 Å². The Morgan fingerprint density at radius 3 is 2.18 bits per heavy atom. The van der Waals surface area contributed by atoms with Gasteiger partial charge in [0.15, 0.2) is 0 Å². The normalized spacial score (nSPS) is 21.0. The highest BCUT2D eigenvalue weighted by molar-refractivity contribution is 9.09. The van der Waals surface area contributed by atoms with Gasteiger partial charge in [-0.15, -0.1) is 0 Å². The van der Waals surface area contributed by atoms with E-state index in [9.17, 15) is 0 Å². The average molecular weight is 286 g/mol. The van der Waals surface area contributed by atoms with Crippen molar-refractivity contribution >= 4 is 31.9 Å². The Morgan fingerprint density at radius 1 is 1.18 bits per heavy atom. The number of ether oxygens (including phenoxy) is 1. The van der Waals surface area contributed by atoms with E-state index < -0.39 is 0 Å². The van der Waals surface area contributed by atoms with Crippen molar-refractivity contribution in [2.24, 2.45) is 11.8 Å². The summed E-state index contributed by atoms with van der Waals surface area (Å²) in [7, 11) is 0. The molecule has 0 radical (unpaired) electrons. The number of hydrogen-bond acceptors (Lipinski definition) is 1. The Balaban J connectivity index is 2.30. The van der Waals surface area contributed by atoms with E-state index in [-0.39, 0.29) is 0 Å². The molecule has 1 nitrogen and oxygen atoms in total. The fraction of sp³-hybridized carbons (Fsp3) is 1.00. The lowest BCUT2D eigenvalue weighted by Crippen LogP contribution is -2.25. The van der Waals surface area contributed by atoms with E-state index in [1.54, 1.807) is 0 Å². The maximum Gasteiger partial charge on any atom is 0.0468 e. The minimum absolute atomic E-state index is 0.791. The first-order valence-corrected chi connectivity index (χ1v) is 6.32. The van der Waals surface area contributed by atoms with Gasteiger partial charge in [0.1, 0.15) is 0 Å². The van der Waals surface area contributed by atoms with Crippen molar-refractivity contribution in [2.45, 2.75) is 12.8 Å². The van der Waals surface area contributed by atoms with Crippen LogP contribution in [0.2, 0.25) is 0 Å². The monoisotopic (exact) mass is 284 g/mol. The first-order chi connectivity index (χ1) is 5.38. The lowest BCUT2D eigenvalue weighted by Gasteiger charge is -2.27. The number of hydrogen-bond donors (Lipinski definition) is 0. The molecule has 66 valence electrons. The Morgan fingerprint density at radius 2 is 1.73 bits per heavy atom. The fourth-order valence-electron chi connectivity index (χ4n) is 1.48. The van der Waals surface area contributed by atoms with E-state index >= 15 is 0 Å². The van der Waals surface area contributed by atoms with Crippen LogP contribution in [0.1, 0.15) is 12.8 Å². The number of halogens is 2. The van der Waals surface area contributed by atoms with E-state index in [2.05, 4.69) is 31.9 Å². The van der Waals surface area contributed by atoms with Gasteiger partial charge in [0.25, 0.3) is 0 Å². The van der Waals surface area contributed by atoms with E-state index in [1.165, 1.54) is 12.8 Å². The predicted octanol–water partition coefficient (Wildman–Crippen LogP) is 2.82. The van der Waals surface area contributed by atoms with Crippen molar-refractivity contribution in [1.29, 1.82) is 0 Å². The van der Waals surface area contributed by atoms with Crippen molar-refractivity contribution in [3.05, 3.63) is 0 Å². The highest BCUT2D eigenvalue weighted by atomic mass is 79.9. The van der Waals surface area contributed by atoms with Gasteiger partial charge in [0.2, 0.25) is 0 Å². The number of alkyl halides is 2. The summed E-state index contributed by atoms with van der Waals surface area (Å²) in [6.07, 6.45) is 2.48. The molecule has 1 rings (SSSR count). The van der Waals surface area contributed by atoms with Gasteiger partial charge in [-0.2, -0.15) is 0 Å². The van der Waals surface area contributed by atoms with Crippen molar-refractivity contribution in [1.82, 2.24) is 0 Å². The van der Waals surface area contributed by atoms with Gasteiger partial charge < -0.3 is 4.74 Å². The average Bonchev–Trinajstić information content (AvgIpc) is 2.09. The van der Waals surface area contributed by atoms with Crippen LogP contribution in [-0.4, -0.2) is 23.9 Å². The fourth-order valence-corrected chi connectivity index (χ4v) is 3.61. The van der Waals surface area contributed by atoms with Gasteiger partial charge in [-0.1, -0.05) is 31.9 Å². The maximum absolute atomic E-state index is 5.31. The van der Waals surface area contributed by atoms with Crippen LogP contribution in [0.5, 0.6) is 0 Å². The summed E-state index contributed by atoms with van der Waals surface area (Å²) >= 11 is 7.08. The second-order valence-electron chi connectivity index (χ2n) is 3.02. The van der Waals surface area contributed by atoms with Gasteiger partial charge >= 0.3 is 0 Å². The Labute approximate surface area is 85.1 Å². The highest BCUT2D eigenvalue weighted by Crippen LogP contribution is 2.26. The maximum atomic E-state index is 5.31. The molecule has 0 aromatic carbocycles. The molecular formula is C8H14Br2O. The van der Waals surface area contributed by atoms with E-state index in [0.29, 0.717) is 0 Å². The molecular weight excluding hydrogens is 272 g/mol. The molecule has 0 aliphatic carbocycles. The smallest absolute Gasteiger partial charge is 0.0468 e. The second kappa shape index (κ2) is 5.55. The quantitative estimate of drug-likeness (QED) is 0.725. The molecule has 0 spiro atoms. The SMILES string of the molecule is BrCC(CBr)C1CCOCC1. The summed E-state index contributed by atoms with van der Waals surface area (Å²) in [6, 6.07) is 0. The lowest BCUT2D eigenvalue weighted by atomic mass is 9.89. The Bertz CT molecular complexity index is 98.3. The van der Waals surface area contributed by atoms with Crippen LogP contribution in [-0.2, 0) is 4.74 Å². The molecule has 1 fully saturated rings. The molecule has 0 saturated carbocycles. The zero-order chi connectivity index (χ0) is 8.10. The van der Waals surface area contributed by atoms with Crippen molar-refractivity contribution in [3.63, 3.8) is 0 Å². The zero-order valence-corrected chi connectivity index (χ0v) is 9.73. The van der Waals surface area contributed by atoms with Crippen LogP contribution >= 0.6 is 31.9 Å².